The third-order valence-electron chi connectivity index (χ3n) is 4.97. The average molecular weight is 436 g/mol. The SMILES string of the molecule is CC1CN(Cc2ccc(CNC(=O)COc3ccc(C(F)(F)F)cc3)cc2)CC(C)O1. The van der Waals surface area contributed by atoms with E-state index in [9.17, 15) is 18.0 Å². The first-order valence-corrected chi connectivity index (χ1v) is 10.2. The molecule has 5 nitrogen and oxygen atoms in total. The van der Waals surface area contributed by atoms with Crippen molar-refractivity contribution in [2.45, 2.75) is 45.3 Å². The quantitative estimate of drug-likeness (QED) is 0.713. The number of benzene rings is 2. The fourth-order valence-electron chi connectivity index (χ4n) is 3.57. The van der Waals surface area contributed by atoms with Gasteiger partial charge in [0.2, 0.25) is 0 Å². The number of morpholine rings is 1. The predicted molar refractivity (Wildman–Crippen MR) is 111 cm³/mol. The standard InChI is InChI=1S/C23H27F3N2O3/c1-16-12-28(13-17(2)31-16)14-19-5-3-18(4-6-19)11-27-22(29)15-30-21-9-7-20(8-10-21)23(24,25)26/h3-10,16-17H,11-15H2,1-2H3,(H,27,29). The van der Waals surface area contributed by atoms with Crippen LogP contribution in [0, 0.1) is 0 Å². The van der Waals surface area contributed by atoms with E-state index in [1.165, 1.54) is 17.7 Å². The Morgan fingerprint density at radius 1 is 1.03 bits per heavy atom. The molecule has 1 fully saturated rings. The average Bonchev–Trinajstić information content (AvgIpc) is 2.70. The number of hydrogen-bond acceptors (Lipinski definition) is 4. The summed E-state index contributed by atoms with van der Waals surface area (Å²) in [4.78, 5) is 14.3. The fourth-order valence-corrected chi connectivity index (χ4v) is 3.57. The molecule has 1 amide bonds. The van der Waals surface area contributed by atoms with Crippen LogP contribution < -0.4 is 10.1 Å². The molecule has 2 atom stereocenters. The molecule has 1 aliphatic heterocycles. The highest BCUT2D eigenvalue weighted by atomic mass is 19.4. The van der Waals surface area contributed by atoms with E-state index in [0.29, 0.717) is 6.54 Å². The monoisotopic (exact) mass is 436 g/mol. The molecular formula is C23H27F3N2O3. The van der Waals surface area contributed by atoms with Crippen LogP contribution in [0.4, 0.5) is 13.2 Å². The Kier molecular flexibility index (Phi) is 7.56. The van der Waals surface area contributed by atoms with Crippen LogP contribution in [0.2, 0.25) is 0 Å². The maximum Gasteiger partial charge on any atom is 0.416 e. The number of alkyl halides is 3. The molecule has 2 aromatic rings. The van der Waals surface area contributed by atoms with E-state index in [4.69, 9.17) is 9.47 Å². The highest BCUT2D eigenvalue weighted by Crippen LogP contribution is 2.30. The summed E-state index contributed by atoms with van der Waals surface area (Å²) in [7, 11) is 0. The van der Waals surface area contributed by atoms with Gasteiger partial charge in [-0.05, 0) is 49.2 Å². The number of halogens is 3. The van der Waals surface area contributed by atoms with Gasteiger partial charge in [-0.25, -0.2) is 0 Å². The van der Waals surface area contributed by atoms with E-state index in [1.807, 2.05) is 24.3 Å². The lowest BCUT2D eigenvalue weighted by atomic mass is 10.1. The second-order valence-corrected chi connectivity index (χ2v) is 7.86. The highest BCUT2D eigenvalue weighted by Gasteiger charge is 2.30. The number of amides is 1. The molecule has 1 aliphatic rings. The van der Waals surface area contributed by atoms with Gasteiger partial charge in [0.15, 0.2) is 6.61 Å². The maximum absolute atomic E-state index is 12.6. The van der Waals surface area contributed by atoms with Crippen molar-refractivity contribution < 1.29 is 27.4 Å². The second-order valence-electron chi connectivity index (χ2n) is 7.86. The summed E-state index contributed by atoms with van der Waals surface area (Å²) >= 11 is 0. The molecule has 2 unspecified atom stereocenters. The van der Waals surface area contributed by atoms with Gasteiger partial charge in [0.05, 0.1) is 17.8 Å². The molecule has 1 saturated heterocycles. The zero-order chi connectivity index (χ0) is 22.4. The first-order valence-electron chi connectivity index (χ1n) is 10.2. The first kappa shape index (κ1) is 23.1. The van der Waals surface area contributed by atoms with Crippen molar-refractivity contribution in [1.29, 1.82) is 0 Å². The topological polar surface area (TPSA) is 50.8 Å². The van der Waals surface area contributed by atoms with Gasteiger partial charge >= 0.3 is 6.18 Å². The molecule has 168 valence electrons. The number of hydrogen-bond donors (Lipinski definition) is 1. The van der Waals surface area contributed by atoms with Crippen molar-refractivity contribution in [3.8, 4) is 5.75 Å². The lowest BCUT2D eigenvalue weighted by Crippen LogP contribution is -2.44. The van der Waals surface area contributed by atoms with Crippen LogP contribution in [0.1, 0.15) is 30.5 Å². The van der Waals surface area contributed by atoms with Crippen molar-refractivity contribution in [3.63, 3.8) is 0 Å². The summed E-state index contributed by atoms with van der Waals surface area (Å²) < 4.78 is 48.7. The lowest BCUT2D eigenvalue weighted by Gasteiger charge is -2.35. The molecule has 0 spiro atoms. The molecule has 1 N–H and O–H groups in total. The number of rotatable bonds is 7. The Labute approximate surface area is 180 Å². The molecule has 0 bridgehead atoms. The molecule has 1 heterocycles. The third-order valence-corrected chi connectivity index (χ3v) is 4.97. The maximum atomic E-state index is 12.6. The lowest BCUT2D eigenvalue weighted by molar-refractivity contribution is -0.137. The number of nitrogens with zero attached hydrogens (tertiary/aromatic N) is 1. The Bertz CT molecular complexity index is 844. The second kappa shape index (κ2) is 10.2. The van der Waals surface area contributed by atoms with E-state index in [1.54, 1.807) is 0 Å². The third kappa shape index (κ3) is 7.25. The molecule has 0 radical (unpaired) electrons. The Morgan fingerprint density at radius 3 is 2.19 bits per heavy atom. The molecular weight excluding hydrogens is 409 g/mol. The van der Waals surface area contributed by atoms with Crippen LogP contribution in [-0.2, 0) is 28.8 Å². The molecule has 2 aromatic carbocycles. The normalized spacial score (nSPS) is 19.8. The summed E-state index contributed by atoms with van der Waals surface area (Å²) in [6, 6.07) is 12.3. The minimum Gasteiger partial charge on any atom is -0.484 e. The van der Waals surface area contributed by atoms with Gasteiger partial charge in [-0.3, -0.25) is 9.69 Å². The van der Waals surface area contributed by atoms with Gasteiger partial charge in [0, 0.05) is 26.2 Å². The van der Waals surface area contributed by atoms with Crippen LogP contribution in [0.15, 0.2) is 48.5 Å². The van der Waals surface area contributed by atoms with E-state index in [-0.39, 0.29) is 30.5 Å². The van der Waals surface area contributed by atoms with E-state index in [2.05, 4.69) is 24.1 Å². The van der Waals surface area contributed by atoms with Gasteiger partial charge in [-0.2, -0.15) is 13.2 Å². The summed E-state index contributed by atoms with van der Waals surface area (Å²) in [6.07, 6.45) is -3.95. The minimum atomic E-state index is -4.40. The van der Waals surface area contributed by atoms with Gasteiger partial charge in [0.25, 0.3) is 5.91 Å². The predicted octanol–water partition coefficient (Wildman–Crippen LogP) is 4.01. The van der Waals surface area contributed by atoms with Crippen molar-refractivity contribution in [1.82, 2.24) is 10.2 Å². The molecule has 0 saturated carbocycles. The van der Waals surface area contributed by atoms with Crippen molar-refractivity contribution in [3.05, 3.63) is 65.2 Å². The van der Waals surface area contributed by atoms with Crippen LogP contribution in [-0.4, -0.2) is 42.7 Å². The number of ether oxygens (including phenoxy) is 2. The summed E-state index contributed by atoms with van der Waals surface area (Å²) in [6.45, 7) is 6.90. The number of nitrogens with one attached hydrogen (secondary N) is 1. The summed E-state index contributed by atoms with van der Waals surface area (Å²) in [5.41, 5.74) is 1.39. The molecule has 3 rings (SSSR count). The molecule has 31 heavy (non-hydrogen) atoms. The number of carbonyl (C=O) groups is 1. The zero-order valence-corrected chi connectivity index (χ0v) is 17.6. The minimum absolute atomic E-state index is 0.208. The van der Waals surface area contributed by atoms with Crippen LogP contribution in [0.25, 0.3) is 0 Å². The van der Waals surface area contributed by atoms with Gasteiger partial charge in [-0.1, -0.05) is 24.3 Å². The Hall–Kier alpha value is -2.58. The largest absolute Gasteiger partial charge is 0.484 e. The summed E-state index contributed by atoms with van der Waals surface area (Å²) in [5.74, 6) is -0.139. The van der Waals surface area contributed by atoms with Crippen molar-refractivity contribution in [2.75, 3.05) is 19.7 Å². The smallest absolute Gasteiger partial charge is 0.416 e. The first-order chi connectivity index (χ1) is 14.7. The van der Waals surface area contributed by atoms with E-state index >= 15 is 0 Å². The molecule has 0 aromatic heterocycles. The number of carbonyl (C=O) groups excluding carboxylic acids is 1. The van der Waals surface area contributed by atoms with Crippen LogP contribution in [0.3, 0.4) is 0 Å². The summed E-state index contributed by atoms with van der Waals surface area (Å²) in [5, 5.41) is 2.75. The van der Waals surface area contributed by atoms with Gasteiger partial charge < -0.3 is 14.8 Å². The highest BCUT2D eigenvalue weighted by molar-refractivity contribution is 5.77. The van der Waals surface area contributed by atoms with E-state index in [0.717, 1.165) is 37.3 Å². The Morgan fingerprint density at radius 2 is 1.61 bits per heavy atom. The van der Waals surface area contributed by atoms with Gasteiger partial charge in [0.1, 0.15) is 5.75 Å². The fraction of sp³-hybridized carbons (Fsp3) is 0.435. The van der Waals surface area contributed by atoms with Gasteiger partial charge in [-0.15, -0.1) is 0 Å². The van der Waals surface area contributed by atoms with Crippen molar-refractivity contribution >= 4 is 5.91 Å². The Balaban J connectivity index is 1.41. The van der Waals surface area contributed by atoms with Crippen LogP contribution >= 0.6 is 0 Å². The van der Waals surface area contributed by atoms with E-state index < -0.39 is 11.7 Å². The zero-order valence-electron chi connectivity index (χ0n) is 17.6. The molecule has 0 aliphatic carbocycles. The van der Waals surface area contributed by atoms with Crippen molar-refractivity contribution in [2.24, 2.45) is 0 Å². The van der Waals surface area contributed by atoms with Crippen LogP contribution in [0.5, 0.6) is 5.75 Å². The molecule has 8 heteroatoms.